The number of nitrogens with one attached hydrogen (secondary N) is 1. The number of rotatable bonds is 5. The molecule has 0 unspecified atom stereocenters. The predicted octanol–water partition coefficient (Wildman–Crippen LogP) is 1.84. The fraction of sp³-hybridized carbons (Fsp3) is 0.458. The van der Waals surface area contributed by atoms with Crippen LogP contribution in [0.4, 0.5) is 8.78 Å². The maximum absolute atomic E-state index is 13.9. The molecule has 186 valence electrons. The number of piperidine rings is 1. The normalized spacial score (nSPS) is 21.6. The minimum absolute atomic E-state index is 0.0399. The van der Waals surface area contributed by atoms with Gasteiger partial charge in [-0.3, -0.25) is 24.1 Å². The van der Waals surface area contributed by atoms with Gasteiger partial charge in [-0.25, -0.2) is 8.78 Å². The first-order valence-electron chi connectivity index (χ1n) is 11.8. The molecule has 1 aromatic heterocycles. The van der Waals surface area contributed by atoms with Crippen molar-refractivity contribution in [3.05, 3.63) is 63.1 Å². The zero-order chi connectivity index (χ0) is 24.7. The molecule has 2 fully saturated rings. The number of benzene rings is 1. The zero-order valence-corrected chi connectivity index (χ0v) is 19.0. The lowest BCUT2D eigenvalue weighted by Crippen LogP contribution is -2.64. The van der Waals surface area contributed by atoms with Crippen molar-refractivity contribution in [3.8, 4) is 5.75 Å². The number of carbonyl (C=O) groups excluding carboxylic acids is 2. The number of ether oxygens (including phenoxy) is 1. The van der Waals surface area contributed by atoms with E-state index in [9.17, 15) is 28.3 Å². The zero-order valence-electron chi connectivity index (χ0n) is 19.0. The molecule has 3 aliphatic rings. The fourth-order valence-corrected chi connectivity index (χ4v) is 5.04. The number of carbonyl (C=O) groups is 2. The van der Waals surface area contributed by atoms with Crippen molar-refractivity contribution in [2.75, 3.05) is 24.7 Å². The molecule has 0 radical (unpaired) electrons. The van der Waals surface area contributed by atoms with Gasteiger partial charge in [0, 0.05) is 44.1 Å². The van der Waals surface area contributed by atoms with E-state index in [1.54, 1.807) is 4.90 Å². The highest BCUT2D eigenvalue weighted by atomic mass is 19.1. The molecule has 0 aliphatic carbocycles. The van der Waals surface area contributed by atoms with Gasteiger partial charge in [-0.05, 0) is 38.2 Å². The molecule has 2 N–H and O–H groups in total. The average Bonchev–Trinajstić information content (AvgIpc) is 3.36. The minimum Gasteiger partial charge on any atom is -0.502 e. The highest BCUT2D eigenvalue weighted by molar-refractivity contribution is 5.99. The Kier molecular flexibility index (Phi) is 6.18. The molecule has 2 atom stereocenters. The Balaban J connectivity index is 1.46. The van der Waals surface area contributed by atoms with Gasteiger partial charge in [0.25, 0.3) is 11.8 Å². The van der Waals surface area contributed by atoms with E-state index in [1.165, 1.54) is 16.9 Å². The maximum Gasteiger partial charge on any atom is 0.278 e. The van der Waals surface area contributed by atoms with Crippen LogP contribution < -0.4 is 15.8 Å². The maximum atomic E-state index is 13.9. The van der Waals surface area contributed by atoms with Crippen LogP contribution in [0, 0.1) is 11.6 Å². The molecular formula is C24H26F2N4O5. The van der Waals surface area contributed by atoms with E-state index in [2.05, 4.69) is 5.32 Å². The number of aromatic nitrogens is 1. The first-order valence-corrected chi connectivity index (χ1v) is 11.8. The molecule has 5 rings (SSSR count). The van der Waals surface area contributed by atoms with E-state index in [1.807, 2.05) is 5.01 Å². The topological polar surface area (TPSA) is 104 Å². The number of pyridine rings is 1. The van der Waals surface area contributed by atoms with E-state index in [0.29, 0.717) is 32.2 Å². The molecule has 0 bridgehead atoms. The second-order valence-electron chi connectivity index (χ2n) is 9.06. The molecule has 0 saturated carbocycles. The summed E-state index contributed by atoms with van der Waals surface area (Å²) in [7, 11) is 0. The van der Waals surface area contributed by atoms with Gasteiger partial charge in [0.05, 0.1) is 6.10 Å². The molecule has 35 heavy (non-hydrogen) atoms. The summed E-state index contributed by atoms with van der Waals surface area (Å²) in [5.74, 6) is -3.71. The Morgan fingerprint density at radius 2 is 2.00 bits per heavy atom. The third-order valence-electron chi connectivity index (χ3n) is 6.83. The summed E-state index contributed by atoms with van der Waals surface area (Å²) in [5.41, 5.74) is -1.52. The molecule has 2 saturated heterocycles. The lowest BCUT2D eigenvalue weighted by atomic mass is 10.0. The van der Waals surface area contributed by atoms with Gasteiger partial charge in [-0.1, -0.05) is 6.07 Å². The van der Waals surface area contributed by atoms with Crippen LogP contribution in [0.1, 0.15) is 58.5 Å². The van der Waals surface area contributed by atoms with Crippen molar-refractivity contribution in [1.29, 1.82) is 0 Å². The second-order valence-corrected chi connectivity index (χ2v) is 9.06. The van der Waals surface area contributed by atoms with Crippen LogP contribution in [0.15, 0.2) is 29.2 Å². The molecule has 2 aromatic rings. The van der Waals surface area contributed by atoms with Crippen LogP contribution in [0.2, 0.25) is 0 Å². The van der Waals surface area contributed by atoms with Crippen molar-refractivity contribution < 1.29 is 28.2 Å². The molecule has 3 aliphatic heterocycles. The lowest BCUT2D eigenvalue weighted by Gasteiger charge is -2.49. The van der Waals surface area contributed by atoms with Crippen molar-refractivity contribution in [3.63, 3.8) is 0 Å². The van der Waals surface area contributed by atoms with Gasteiger partial charge in [0.2, 0.25) is 5.43 Å². The summed E-state index contributed by atoms with van der Waals surface area (Å²) in [4.78, 5) is 40.8. The summed E-state index contributed by atoms with van der Waals surface area (Å²) < 4.78 is 34.2. The molecule has 4 heterocycles. The standard InChI is InChI=1S/C24H26F2N4O5/c25-15-7-6-14(18(26)10-15)11-27-23(33)17-13-30-20(22(32)21(17)31)24(34)28(12-16-4-3-9-35-16)19-5-1-2-8-29(19)30/h6-7,10,13,16,19,32H,1-5,8-9,11-12H2,(H,27,33)/t16-,19-/m0/s1. The van der Waals surface area contributed by atoms with Crippen LogP contribution in [0.5, 0.6) is 5.75 Å². The second kappa shape index (κ2) is 9.29. The molecule has 11 heteroatoms. The number of hydrogen-bond donors (Lipinski definition) is 2. The van der Waals surface area contributed by atoms with Gasteiger partial charge < -0.3 is 20.1 Å². The van der Waals surface area contributed by atoms with Gasteiger partial charge in [-0.15, -0.1) is 0 Å². The van der Waals surface area contributed by atoms with E-state index in [4.69, 9.17) is 4.74 Å². The summed E-state index contributed by atoms with van der Waals surface area (Å²) in [5, 5.41) is 15.1. The molecule has 9 nitrogen and oxygen atoms in total. The van der Waals surface area contributed by atoms with Crippen LogP contribution in [-0.2, 0) is 11.3 Å². The van der Waals surface area contributed by atoms with Crippen molar-refractivity contribution in [1.82, 2.24) is 14.9 Å². The lowest BCUT2D eigenvalue weighted by molar-refractivity contribution is 0.0258. The highest BCUT2D eigenvalue weighted by Crippen LogP contribution is 2.31. The molecule has 2 amide bonds. The molecular weight excluding hydrogens is 462 g/mol. The Morgan fingerprint density at radius 3 is 2.74 bits per heavy atom. The van der Waals surface area contributed by atoms with E-state index in [-0.39, 0.29) is 35.6 Å². The number of nitrogens with zero attached hydrogens (tertiary/aromatic N) is 3. The van der Waals surface area contributed by atoms with Crippen LogP contribution in [-0.4, -0.2) is 58.5 Å². The van der Waals surface area contributed by atoms with Crippen LogP contribution >= 0.6 is 0 Å². The van der Waals surface area contributed by atoms with E-state index < -0.39 is 34.6 Å². The van der Waals surface area contributed by atoms with E-state index >= 15 is 0 Å². The van der Waals surface area contributed by atoms with Crippen molar-refractivity contribution >= 4 is 11.8 Å². The summed E-state index contributed by atoms with van der Waals surface area (Å²) >= 11 is 0. The van der Waals surface area contributed by atoms with Gasteiger partial charge in [-0.2, -0.15) is 0 Å². The number of fused-ring (bicyclic) bond motifs is 3. The number of hydrogen-bond acceptors (Lipinski definition) is 6. The van der Waals surface area contributed by atoms with Crippen LogP contribution in [0.3, 0.4) is 0 Å². The molecule has 1 aromatic carbocycles. The SMILES string of the molecule is O=C(NCc1ccc(F)cc1F)c1cn2c(c(O)c1=O)C(=O)N(C[C@@H]1CCCO1)[C@@H]1CCCCN12. The minimum atomic E-state index is -0.991. The Bertz CT molecular complexity index is 1230. The number of aromatic hydroxyl groups is 1. The summed E-state index contributed by atoms with van der Waals surface area (Å²) in [6, 6.07) is 2.96. The third kappa shape index (κ3) is 4.24. The quantitative estimate of drug-likeness (QED) is 0.666. The molecule has 0 spiro atoms. The summed E-state index contributed by atoms with van der Waals surface area (Å²) in [6.45, 7) is 1.28. The first-order chi connectivity index (χ1) is 16.8. The van der Waals surface area contributed by atoms with Gasteiger partial charge in [0.1, 0.15) is 23.4 Å². The highest BCUT2D eigenvalue weighted by Gasteiger charge is 2.42. The smallest absolute Gasteiger partial charge is 0.278 e. The van der Waals surface area contributed by atoms with Crippen molar-refractivity contribution in [2.45, 2.75) is 50.9 Å². The van der Waals surface area contributed by atoms with Gasteiger partial charge >= 0.3 is 0 Å². The monoisotopic (exact) mass is 488 g/mol. The Morgan fingerprint density at radius 1 is 1.17 bits per heavy atom. The summed E-state index contributed by atoms with van der Waals surface area (Å²) in [6.07, 6.45) is 5.08. The van der Waals surface area contributed by atoms with Gasteiger partial charge in [0.15, 0.2) is 11.4 Å². The Hall–Kier alpha value is -3.47. The largest absolute Gasteiger partial charge is 0.502 e. The third-order valence-corrected chi connectivity index (χ3v) is 6.83. The number of halogens is 2. The predicted molar refractivity (Wildman–Crippen MR) is 121 cm³/mol. The Labute approximate surface area is 199 Å². The van der Waals surface area contributed by atoms with E-state index in [0.717, 1.165) is 31.7 Å². The first kappa shape index (κ1) is 23.3. The fourth-order valence-electron chi connectivity index (χ4n) is 5.04. The van der Waals surface area contributed by atoms with Crippen molar-refractivity contribution in [2.24, 2.45) is 0 Å². The van der Waals surface area contributed by atoms with Crippen LogP contribution in [0.25, 0.3) is 0 Å². The number of amides is 2. The average molecular weight is 488 g/mol.